The fourth-order valence-electron chi connectivity index (χ4n) is 5.56. The molecule has 2 heterocycles. The van der Waals surface area contributed by atoms with Crippen LogP contribution in [0, 0.1) is 0 Å². The number of rotatable bonds is 16. The smallest absolute Gasteiger partial charge is 0.323 e. The number of hydrogen-bond acceptors (Lipinski definition) is 8. The number of carboxylic acids is 1. The quantitative estimate of drug-likeness (QED) is 0.226. The number of likely N-dealkylation sites (N-methyl/N-ethyl adjacent to an activating group) is 1. The molecular formula is C30H41ClN4O5S. The molecule has 2 atom stereocenters. The summed E-state index contributed by atoms with van der Waals surface area (Å²) < 4.78 is 6.88. The number of likely N-dealkylation sites (tertiary alicyclic amines) is 1. The number of carbonyl (C=O) groups is 1. The van der Waals surface area contributed by atoms with Gasteiger partial charge in [-0.2, -0.15) is 0 Å². The van der Waals surface area contributed by atoms with Crippen molar-refractivity contribution in [3.05, 3.63) is 62.2 Å². The fraction of sp³-hybridized carbons (Fsp3) is 0.533. The van der Waals surface area contributed by atoms with Gasteiger partial charge < -0.3 is 29.7 Å². The number of nitrogens with one attached hydrogen (secondary N) is 1. The van der Waals surface area contributed by atoms with E-state index in [1.807, 2.05) is 35.2 Å². The molecule has 11 heteroatoms. The lowest BCUT2D eigenvalue weighted by Crippen LogP contribution is -2.47. The van der Waals surface area contributed by atoms with Crippen LogP contribution in [0.5, 0.6) is 5.75 Å². The van der Waals surface area contributed by atoms with Crippen molar-refractivity contribution in [1.82, 2.24) is 19.7 Å². The number of aliphatic carboxylic acids is 1. The molecule has 1 saturated heterocycles. The minimum atomic E-state index is -0.848. The largest absolute Gasteiger partial charge is 0.506 e. The van der Waals surface area contributed by atoms with Gasteiger partial charge in [0.05, 0.1) is 17.4 Å². The van der Waals surface area contributed by atoms with E-state index < -0.39 is 12.0 Å². The Morgan fingerprint density at radius 1 is 1.12 bits per heavy atom. The molecule has 3 N–H and O–H groups in total. The van der Waals surface area contributed by atoms with E-state index in [-0.39, 0.29) is 16.7 Å². The van der Waals surface area contributed by atoms with E-state index in [0.717, 1.165) is 72.9 Å². The summed E-state index contributed by atoms with van der Waals surface area (Å²) in [5.41, 5.74) is 2.59. The number of phenols is 1. The molecule has 9 nitrogen and oxygen atoms in total. The van der Waals surface area contributed by atoms with Gasteiger partial charge in [0.15, 0.2) is 0 Å². The Morgan fingerprint density at radius 2 is 1.90 bits per heavy atom. The molecule has 1 aromatic heterocycles. The molecular weight excluding hydrogens is 564 g/mol. The van der Waals surface area contributed by atoms with Crippen LogP contribution in [0.2, 0.25) is 5.02 Å². The van der Waals surface area contributed by atoms with Gasteiger partial charge in [0, 0.05) is 44.3 Å². The van der Waals surface area contributed by atoms with Crippen LogP contribution >= 0.6 is 22.9 Å². The van der Waals surface area contributed by atoms with Crippen molar-refractivity contribution in [2.24, 2.45) is 0 Å². The highest BCUT2D eigenvalue weighted by Crippen LogP contribution is 2.28. The van der Waals surface area contributed by atoms with Gasteiger partial charge in [0.2, 0.25) is 0 Å². The van der Waals surface area contributed by atoms with Crippen LogP contribution in [0.15, 0.2) is 41.2 Å². The number of aromatic amines is 1. The van der Waals surface area contributed by atoms with Crippen molar-refractivity contribution in [1.29, 1.82) is 0 Å². The summed E-state index contributed by atoms with van der Waals surface area (Å²) in [4.78, 5) is 33.6. The molecule has 1 aliphatic rings. The summed E-state index contributed by atoms with van der Waals surface area (Å²) in [5, 5.41) is 20.9. The van der Waals surface area contributed by atoms with Crippen LogP contribution in [0.25, 0.3) is 10.2 Å². The van der Waals surface area contributed by atoms with Crippen LogP contribution in [0.3, 0.4) is 0 Å². The summed E-state index contributed by atoms with van der Waals surface area (Å²) in [5.74, 6) is -0.766. The van der Waals surface area contributed by atoms with Gasteiger partial charge in [-0.1, -0.05) is 55.0 Å². The molecule has 0 amide bonds. The Bertz CT molecular complexity index is 1340. The Kier molecular flexibility index (Phi) is 11.6. The van der Waals surface area contributed by atoms with Gasteiger partial charge >= 0.3 is 10.8 Å². The van der Waals surface area contributed by atoms with Gasteiger partial charge in [-0.3, -0.25) is 14.5 Å². The molecule has 1 fully saturated rings. The van der Waals surface area contributed by atoms with E-state index in [4.69, 9.17) is 16.3 Å². The zero-order valence-electron chi connectivity index (χ0n) is 23.9. The van der Waals surface area contributed by atoms with Crippen molar-refractivity contribution in [2.45, 2.75) is 45.3 Å². The molecule has 0 aliphatic carbocycles. The molecule has 2 aromatic carbocycles. The van der Waals surface area contributed by atoms with Gasteiger partial charge in [-0.15, -0.1) is 0 Å². The number of benzene rings is 2. The first kappa shape index (κ1) is 31.5. The third kappa shape index (κ3) is 8.53. The number of phenolic OH excluding ortho intramolecular Hbond substituents is 1. The Morgan fingerprint density at radius 3 is 2.63 bits per heavy atom. The molecule has 0 spiro atoms. The number of fused-ring (bicyclic) bond motifs is 1. The first-order valence-corrected chi connectivity index (χ1v) is 15.6. The fourth-order valence-corrected chi connectivity index (χ4v) is 6.67. The molecule has 224 valence electrons. The van der Waals surface area contributed by atoms with E-state index >= 15 is 0 Å². The number of nitrogens with zero attached hydrogens (tertiary/aromatic N) is 3. The van der Waals surface area contributed by atoms with Crippen molar-refractivity contribution in [3.63, 3.8) is 0 Å². The molecule has 1 unspecified atom stereocenters. The average molecular weight is 605 g/mol. The first-order valence-electron chi connectivity index (χ1n) is 14.4. The minimum absolute atomic E-state index is 0.0820. The first-order chi connectivity index (χ1) is 19.8. The van der Waals surface area contributed by atoms with Crippen molar-refractivity contribution < 1.29 is 19.7 Å². The highest BCUT2D eigenvalue weighted by Gasteiger charge is 2.40. The zero-order chi connectivity index (χ0) is 29.4. The number of aromatic nitrogens is 1. The lowest BCUT2D eigenvalue weighted by molar-refractivity contribution is -0.146. The second-order valence-electron chi connectivity index (χ2n) is 10.5. The van der Waals surface area contributed by atoms with E-state index in [1.54, 1.807) is 6.07 Å². The number of thiazole rings is 1. The predicted molar refractivity (Wildman–Crippen MR) is 165 cm³/mol. The maximum atomic E-state index is 12.3. The highest BCUT2D eigenvalue weighted by molar-refractivity contribution is 7.16. The van der Waals surface area contributed by atoms with Crippen LogP contribution in [-0.2, 0) is 22.4 Å². The number of aromatic hydroxyl groups is 1. The van der Waals surface area contributed by atoms with Gasteiger partial charge in [0.1, 0.15) is 17.3 Å². The SMILES string of the molecule is CCN(CC)CCN(CCc1ccc(O)c2[nH]c(=O)sc12)CCN1CCC(OCCc2cccc(Cl)c2)[C@H]1C(=O)O. The maximum absolute atomic E-state index is 12.3. The average Bonchev–Trinajstić information content (AvgIpc) is 3.55. The third-order valence-electron chi connectivity index (χ3n) is 7.98. The topological polar surface area (TPSA) is 109 Å². The molecule has 0 saturated carbocycles. The zero-order valence-corrected chi connectivity index (χ0v) is 25.4. The summed E-state index contributed by atoms with van der Waals surface area (Å²) in [6.45, 7) is 11.3. The van der Waals surface area contributed by atoms with Crippen LogP contribution in [0.4, 0.5) is 0 Å². The molecule has 0 radical (unpaired) electrons. The molecule has 0 bridgehead atoms. The Hall–Kier alpha value is -2.47. The summed E-state index contributed by atoms with van der Waals surface area (Å²) >= 11 is 7.21. The summed E-state index contributed by atoms with van der Waals surface area (Å²) in [7, 11) is 0. The van der Waals surface area contributed by atoms with Gasteiger partial charge in [-0.25, -0.2) is 0 Å². The standard InChI is InChI=1S/C30H41ClN4O5S/c1-3-33(4-2)15-16-34(13-10-22-8-9-24(36)26-28(22)41-30(39)32-26)17-18-35-14-11-25(27(35)29(37)38)40-19-12-21-6-5-7-23(31)20-21/h5-9,20,25,27,36H,3-4,10-19H2,1-2H3,(H,32,39)(H,37,38)/t25?,27-/m0/s1. The van der Waals surface area contributed by atoms with Gasteiger partial charge in [-0.05, 0) is 61.7 Å². The number of H-pyrrole nitrogens is 1. The van der Waals surface area contributed by atoms with E-state index in [1.165, 1.54) is 0 Å². The summed E-state index contributed by atoms with van der Waals surface area (Å²) in [6.07, 6.45) is 1.74. The second-order valence-corrected chi connectivity index (χ2v) is 11.9. The molecule has 4 rings (SSSR count). The van der Waals surface area contributed by atoms with Crippen molar-refractivity contribution >= 4 is 39.1 Å². The van der Waals surface area contributed by atoms with Crippen LogP contribution in [0.1, 0.15) is 31.4 Å². The maximum Gasteiger partial charge on any atom is 0.323 e. The van der Waals surface area contributed by atoms with E-state index in [0.29, 0.717) is 43.1 Å². The third-order valence-corrected chi connectivity index (χ3v) is 9.17. The second kappa shape index (κ2) is 15.1. The molecule has 41 heavy (non-hydrogen) atoms. The lowest BCUT2D eigenvalue weighted by Gasteiger charge is -2.30. The van der Waals surface area contributed by atoms with Crippen LogP contribution < -0.4 is 4.87 Å². The number of halogens is 1. The van der Waals surface area contributed by atoms with E-state index in [2.05, 4.69) is 28.6 Å². The monoisotopic (exact) mass is 604 g/mol. The normalized spacial score (nSPS) is 17.8. The lowest BCUT2D eigenvalue weighted by atomic mass is 10.1. The Balaban J connectivity index is 1.37. The molecule has 1 aliphatic heterocycles. The predicted octanol–water partition coefficient (Wildman–Crippen LogP) is 3.92. The van der Waals surface area contributed by atoms with E-state index in [9.17, 15) is 19.8 Å². The van der Waals surface area contributed by atoms with Crippen molar-refractivity contribution in [2.75, 3.05) is 59.0 Å². The number of carboxylic acid groups (broad SMARTS) is 1. The van der Waals surface area contributed by atoms with Gasteiger partial charge in [0.25, 0.3) is 0 Å². The van der Waals surface area contributed by atoms with Crippen LogP contribution in [-0.4, -0.2) is 107 Å². The number of ether oxygens (including phenoxy) is 1. The number of hydrogen-bond donors (Lipinski definition) is 3. The summed E-state index contributed by atoms with van der Waals surface area (Å²) in [6, 6.07) is 10.5. The van der Waals surface area contributed by atoms with Crippen molar-refractivity contribution in [3.8, 4) is 5.75 Å². The highest BCUT2D eigenvalue weighted by atomic mass is 35.5. The Labute approximate surface area is 250 Å². The molecule has 3 aromatic rings. The minimum Gasteiger partial charge on any atom is -0.506 e.